The predicted octanol–water partition coefficient (Wildman–Crippen LogP) is 2.63. The van der Waals surface area contributed by atoms with Crippen LogP contribution in [0.15, 0.2) is 29.3 Å². The Labute approximate surface area is 182 Å². The van der Waals surface area contributed by atoms with Crippen LogP contribution in [0.4, 0.5) is 9.52 Å². The number of piperazine rings is 1. The summed E-state index contributed by atoms with van der Waals surface area (Å²) in [6.45, 7) is 9.16. The quantitative estimate of drug-likeness (QED) is 0.535. The van der Waals surface area contributed by atoms with Crippen molar-refractivity contribution in [1.29, 1.82) is 0 Å². The number of halogens is 1. The molecule has 9 heteroatoms. The molecule has 1 unspecified atom stereocenters. The number of hydrogen-bond donors (Lipinski definition) is 1. The van der Waals surface area contributed by atoms with Crippen LogP contribution >= 0.6 is 11.5 Å². The SMILES string of the molecule is CCNC(=NCC(c1ccc(F)cc1)N(C)C)N1CCN(c2nc(CC)ns2)CC1. The van der Waals surface area contributed by atoms with Gasteiger partial charge in [0.1, 0.15) is 11.6 Å². The summed E-state index contributed by atoms with van der Waals surface area (Å²) < 4.78 is 17.7. The third-order valence-corrected chi connectivity index (χ3v) is 6.07. The summed E-state index contributed by atoms with van der Waals surface area (Å²) in [6.07, 6.45) is 0.870. The topological polar surface area (TPSA) is 59.9 Å². The van der Waals surface area contributed by atoms with Gasteiger partial charge in [-0.05, 0) is 38.7 Å². The summed E-state index contributed by atoms with van der Waals surface area (Å²) in [7, 11) is 4.06. The molecule has 1 aliphatic heterocycles. The van der Waals surface area contributed by atoms with Crippen molar-refractivity contribution < 1.29 is 4.39 Å². The number of aliphatic imine (C=N–C) groups is 1. The van der Waals surface area contributed by atoms with Gasteiger partial charge in [0.2, 0.25) is 5.13 Å². The van der Waals surface area contributed by atoms with Crippen molar-refractivity contribution in [3.63, 3.8) is 0 Å². The van der Waals surface area contributed by atoms with Crippen LogP contribution in [0, 0.1) is 5.82 Å². The summed E-state index contributed by atoms with van der Waals surface area (Å²) in [5, 5.41) is 4.44. The normalized spacial score (nSPS) is 16.3. The third-order valence-electron chi connectivity index (χ3n) is 5.25. The van der Waals surface area contributed by atoms with E-state index in [0.717, 1.165) is 61.6 Å². The standard InChI is InChI=1S/C21H32FN7S/c1-5-19-25-21(30-26-19)29-13-11-28(12-14-29)20(23-6-2)24-15-18(27(3)4)16-7-9-17(22)10-8-16/h7-10,18H,5-6,11-15H2,1-4H3,(H,23,24). The van der Waals surface area contributed by atoms with E-state index in [2.05, 4.69) is 43.2 Å². The van der Waals surface area contributed by atoms with Crippen LogP contribution in [0.5, 0.6) is 0 Å². The fourth-order valence-corrected chi connectivity index (χ4v) is 4.28. The van der Waals surface area contributed by atoms with Crippen LogP contribution in [-0.2, 0) is 6.42 Å². The summed E-state index contributed by atoms with van der Waals surface area (Å²) in [6, 6.07) is 6.80. The van der Waals surface area contributed by atoms with Gasteiger partial charge in [0, 0.05) is 50.7 Å². The summed E-state index contributed by atoms with van der Waals surface area (Å²) in [5.74, 6) is 1.63. The molecular weight excluding hydrogens is 401 g/mol. The van der Waals surface area contributed by atoms with Crippen molar-refractivity contribution in [2.45, 2.75) is 26.3 Å². The maximum atomic E-state index is 13.3. The molecule has 30 heavy (non-hydrogen) atoms. The van der Waals surface area contributed by atoms with Crippen LogP contribution < -0.4 is 10.2 Å². The number of aryl methyl sites for hydroxylation is 1. The lowest BCUT2D eigenvalue weighted by molar-refractivity contribution is 0.303. The molecule has 1 aromatic heterocycles. The van der Waals surface area contributed by atoms with Gasteiger partial charge in [-0.25, -0.2) is 9.37 Å². The largest absolute Gasteiger partial charge is 0.357 e. The van der Waals surface area contributed by atoms with Gasteiger partial charge < -0.3 is 20.0 Å². The van der Waals surface area contributed by atoms with Gasteiger partial charge in [-0.15, -0.1) is 0 Å². The Kier molecular flexibility index (Phi) is 7.98. The minimum Gasteiger partial charge on any atom is -0.357 e. The molecule has 3 rings (SSSR count). The van der Waals surface area contributed by atoms with Crippen molar-refractivity contribution in [2.75, 3.05) is 58.3 Å². The lowest BCUT2D eigenvalue weighted by Gasteiger charge is -2.36. The summed E-state index contributed by atoms with van der Waals surface area (Å²) in [4.78, 5) is 16.3. The van der Waals surface area contributed by atoms with Crippen molar-refractivity contribution in [1.82, 2.24) is 24.5 Å². The molecule has 1 aromatic carbocycles. The predicted molar refractivity (Wildman–Crippen MR) is 122 cm³/mol. The highest BCUT2D eigenvalue weighted by Gasteiger charge is 2.23. The van der Waals surface area contributed by atoms with Crippen LogP contribution in [0.3, 0.4) is 0 Å². The first-order valence-corrected chi connectivity index (χ1v) is 11.3. The highest BCUT2D eigenvalue weighted by molar-refractivity contribution is 7.09. The second kappa shape index (κ2) is 10.7. The van der Waals surface area contributed by atoms with Crippen molar-refractivity contribution in [2.24, 2.45) is 4.99 Å². The first-order chi connectivity index (χ1) is 14.5. The van der Waals surface area contributed by atoms with Crippen LogP contribution in [0.2, 0.25) is 0 Å². The number of benzene rings is 1. The Balaban J connectivity index is 1.65. The Hall–Kier alpha value is -2.26. The monoisotopic (exact) mass is 433 g/mol. The molecule has 0 bridgehead atoms. The van der Waals surface area contributed by atoms with E-state index in [1.165, 1.54) is 23.7 Å². The Morgan fingerprint density at radius 1 is 1.20 bits per heavy atom. The minimum absolute atomic E-state index is 0.0920. The van der Waals surface area contributed by atoms with Crippen LogP contribution in [0.25, 0.3) is 0 Å². The zero-order valence-corrected chi connectivity index (χ0v) is 19.1. The van der Waals surface area contributed by atoms with Gasteiger partial charge in [-0.3, -0.25) is 4.99 Å². The highest BCUT2D eigenvalue weighted by atomic mass is 32.1. The summed E-state index contributed by atoms with van der Waals surface area (Å²) >= 11 is 1.48. The molecule has 1 atom stereocenters. The molecule has 0 radical (unpaired) electrons. The number of guanidine groups is 1. The molecule has 0 spiro atoms. The molecule has 0 saturated carbocycles. The van der Waals surface area contributed by atoms with E-state index < -0.39 is 0 Å². The van der Waals surface area contributed by atoms with E-state index in [9.17, 15) is 4.39 Å². The molecule has 0 amide bonds. The van der Waals surface area contributed by atoms with E-state index in [4.69, 9.17) is 4.99 Å². The maximum Gasteiger partial charge on any atom is 0.205 e. The minimum atomic E-state index is -0.215. The third kappa shape index (κ3) is 5.66. The molecule has 2 heterocycles. The number of likely N-dealkylation sites (N-methyl/N-ethyl adjacent to an activating group) is 1. The second-order valence-corrected chi connectivity index (χ2v) is 8.28. The van der Waals surface area contributed by atoms with Gasteiger partial charge in [-0.1, -0.05) is 19.1 Å². The molecule has 1 fully saturated rings. The first kappa shape index (κ1) is 22.4. The van der Waals surface area contributed by atoms with Gasteiger partial charge in [-0.2, -0.15) is 4.37 Å². The van der Waals surface area contributed by atoms with Crippen LogP contribution in [0.1, 0.15) is 31.3 Å². The molecule has 1 N–H and O–H groups in total. The lowest BCUT2D eigenvalue weighted by atomic mass is 10.1. The van der Waals surface area contributed by atoms with E-state index in [1.807, 2.05) is 26.2 Å². The van der Waals surface area contributed by atoms with Gasteiger partial charge in [0.15, 0.2) is 5.96 Å². The maximum absolute atomic E-state index is 13.3. The Bertz CT molecular complexity index is 813. The molecule has 7 nitrogen and oxygen atoms in total. The molecule has 2 aromatic rings. The number of nitrogens with one attached hydrogen (secondary N) is 1. The summed E-state index contributed by atoms with van der Waals surface area (Å²) in [5.41, 5.74) is 1.06. The number of rotatable bonds is 7. The van der Waals surface area contributed by atoms with Crippen molar-refractivity contribution in [3.05, 3.63) is 41.5 Å². The molecule has 164 valence electrons. The van der Waals surface area contributed by atoms with E-state index in [0.29, 0.717) is 6.54 Å². The zero-order chi connectivity index (χ0) is 21.5. The smallest absolute Gasteiger partial charge is 0.205 e. The number of hydrogen-bond acceptors (Lipinski definition) is 6. The van der Waals surface area contributed by atoms with Gasteiger partial charge in [0.05, 0.1) is 12.6 Å². The Morgan fingerprint density at radius 2 is 1.90 bits per heavy atom. The average molecular weight is 434 g/mol. The zero-order valence-electron chi connectivity index (χ0n) is 18.3. The molecule has 1 aliphatic rings. The average Bonchev–Trinajstić information content (AvgIpc) is 3.24. The first-order valence-electron chi connectivity index (χ1n) is 10.5. The van der Waals surface area contributed by atoms with Crippen molar-refractivity contribution in [3.8, 4) is 0 Å². The molecule has 0 aliphatic carbocycles. The van der Waals surface area contributed by atoms with E-state index in [1.54, 1.807) is 0 Å². The molecule has 1 saturated heterocycles. The second-order valence-electron chi connectivity index (χ2n) is 7.55. The van der Waals surface area contributed by atoms with Gasteiger partial charge in [0.25, 0.3) is 0 Å². The highest BCUT2D eigenvalue weighted by Crippen LogP contribution is 2.21. The number of aromatic nitrogens is 2. The van der Waals surface area contributed by atoms with E-state index in [-0.39, 0.29) is 11.9 Å². The lowest BCUT2D eigenvalue weighted by Crippen LogP contribution is -2.52. The van der Waals surface area contributed by atoms with Gasteiger partial charge >= 0.3 is 0 Å². The number of nitrogens with zero attached hydrogens (tertiary/aromatic N) is 6. The Morgan fingerprint density at radius 3 is 2.47 bits per heavy atom. The van der Waals surface area contributed by atoms with E-state index >= 15 is 0 Å². The molecular formula is C21H32FN7S. The fourth-order valence-electron chi connectivity index (χ4n) is 3.48. The number of anilines is 1. The fraction of sp³-hybridized carbons (Fsp3) is 0.571. The van der Waals surface area contributed by atoms with Crippen LogP contribution in [-0.4, -0.2) is 78.5 Å². The van der Waals surface area contributed by atoms with Crippen molar-refractivity contribution >= 4 is 22.6 Å².